The summed E-state index contributed by atoms with van der Waals surface area (Å²) < 4.78 is 10.7. The smallest absolute Gasteiger partial charge is 0.0701 e. The molecular formula is C10H25N3O2. The predicted octanol–water partition coefficient (Wildman–Crippen LogP) is -0.477. The second kappa shape index (κ2) is 11.9. The van der Waals surface area contributed by atoms with Crippen LogP contribution < -0.4 is 16.4 Å². The summed E-state index contributed by atoms with van der Waals surface area (Å²) in [6.07, 6.45) is 0. The van der Waals surface area contributed by atoms with Crippen molar-refractivity contribution >= 4 is 0 Å². The maximum Gasteiger partial charge on any atom is 0.0701 e. The van der Waals surface area contributed by atoms with Gasteiger partial charge in [-0.25, -0.2) is 0 Å². The van der Waals surface area contributed by atoms with Gasteiger partial charge in [-0.2, -0.15) is 0 Å². The summed E-state index contributed by atoms with van der Waals surface area (Å²) in [7, 11) is 0. The van der Waals surface area contributed by atoms with E-state index in [0.29, 0.717) is 32.5 Å². The van der Waals surface area contributed by atoms with Crippen LogP contribution in [0.25, 0.3) is 0 Å². The lowest BCUT2D eigenvalue weighted by Gasteiger charge is -2.08. The van der Waals surface area contributed by atoms with E-state index in [0.717, 1.165) is 19.7 Å². The number of nitrogens with two attached hydrogens (primary N) is 1. The van der Waals surface area contributed by atoms with E-state index in [2.05, 4.69) is 24.5 Å². The summed E-state index contributed by atoms with van der Waals surface area (Å²) in [5.41, 5.74) is 5.25. The minimum absolute atomic E-state index is 0.501. The molecule has 0 aromatic heterocycles. The standard InChI is InChI=1S/C10H25N3O2/c1-10(2)13-4-6-15-8-7-14-5-3-12-9-11/h10,12-13H,3-9,11H2,1-2H3. The Balaban J connectivity index is 2.87. The average Bonchev–Trinajstić information content (AvgIpc) is 2.20. The van der Waals surface area contributed by atoms with Crippen molar-refractivity contribution in [2.45, 2.75) is 19.9 Å². The molecule has 0 aliphatic rings. The molecule has 92 valence electrons. The zero-order valence-corrected chi connectivity index (χ0v) is 9.92. The molecule has 0 saturated heterocycles. The lowest BCUT2D eigenvalue weighted by atomic mass is 10.4. The predicted molar refractivity (Wildman–Crippen MR) is 61.8 cm³/mol. The molecule has 0 saturated carbocycles. The molecule has 0 bridgehead atoms. The van der Waals surface area contributed by atoms with Crippen LogP contribution in [0.5, 0.6) is 0 Å². The molecule has 0 aliphatic heterocycles. The second-order valence-electron chi connectivity index (χ2n) is 3.54. The highest BCUT2D eigenvalue weighted by molar-refractivity contribution is 4.50. The van der Waals surface area contributed by atoms with Crippen molar-refractivity contribution in [3.63, 3.8) is 0 Å². The molecule has 15 heavy (non-hydrogen) atoms. The maximum atomic E-state index is 5.36. The van der Waals surface area contributed by atoms with Crippen molar-refractivity contribution in [3.8, 4) is 0 Å². The van der Waals surface area contributed by atoms with Crippen LogP contribution in [0.4, 0.5) is 0 Å². The van der Waals surface area contributed by atoms with Gasteiger partial charge >= 0.3 is 0 Å². The molecule has 5 nitrogen and oxygen atoms in total. The van der Waals surface area contributed by atoms with Gasteiger partial charge in [0.2, 0.25) is 0 Å². The van der Waals surface area contributed by atoms with Gasteiger partial charge in [0, 0.05) is 25.8 Å². The normalized spacial score (nSPS) is 11.2. The molecule has 5 heteroatoms. The average molecular weight is 219 g/mol. The van der Waals surface area contributed by atoms with Gasteiger partial charge in [-0.3, -0.25) is 0 Å². The van der Waals surface area contributed by atoms with E-state index in [4.69, 9.17) is 15.2 Å². The highest BCUT2D eigenvalue weighted by atomic mass is 16.5. The Kier molecular flexibility index (Phi) is 11.7. The molecule has 0 aliphatic carbocycles. The van der Waals surface area contributed by atoms with Crippen molar-refractivity contribution in [3.05, 3.63) is 0 Å². The Bertz CT molecular complexity index is 123. The van der Waals surface area contributed by atoms with E-state index < -0.39 is 0 Å². The van der Waals surface area contributed by atoms with E-state index >= 15 is 0 Å². The fraction of sp³-hybridized carbons (Fsp3) is 1.00. The summed E-state index contributed by atoms with van der Waals surface area (Å²) in [5, 5.41) is 6.25. The number of ether oxygens (including phenoxy) is 2. The summed E-state index contributed by atoms with van der Waals surface area (Å²) >= 11 is 0. The van der Waals surface area contributed by atoms with Crippen molar-refractivity contribution < 1.29 is 9.47 Å². The van der Waals surface area contributed by atoms with Gasteiger partial charge in [0.25, 0.3) is 0 Å². The first-order chi connectivity index (χ1) is 7.27. The zero-order chi connectivity index (χ0) is 11.4. The third-order valence-electron chi connectivity index (χ3n) is 1.74. The quantitative estimate of drug-likeness (QED) is 0.323. The molecule has 0 fully saturated rings. The van der Waals surface area contributed by atoms with Crippen LogP contribution in [0.3, 0.4) is 0 Å². The Morgan fingerprint density at radius 3 is 2.13 bits per heavy atom. The van der Waals surface area contributed by atoms with Crippen LogP contribution >= 0.6 is 0 Å². The van der Waals surface area contributed by atoms with Crippen molar-refractivity contribution in [2.24, 2.45) is 5.73 Å². The Hall–Kier alpha value is -0.200. The molecule has 0 radical (unpaired) electrons. The van der Waals surface area contributed by atoms with Gasteiger partial charge in [0.15, 0.2) is 0 Å². The van der Waals surface area contributed by atoms with Gasteiger partial charge in [0.05, 0.1) is 26.4 Å². The molecule has 0 amide bonds. The monoisotopic (exact) mass is 219 g/mol. The Labute approximate surface area is 92.7 Å². The molecule has 0 aromatic carbocycles. The Morgan fingerprint density at radius 2 is 1.60 bits per heavy atom. The minimum Gasteiger partial charge on any atom is -0.378 e. The van der Waals surface area contributed by atoms with Crippen molar-refractivity contribution in [1.29, 1.82) is 0 Å². The highest BCUT2D eigenvalue weighted by Crippen LogP contribution is 1.79. The highest BCUT2D eigenvalue weighted by Gasteiger charge is 1.92. The number of hydrogen-bond acceptors (Lipinski definition) is 5. The molecule has 0 spiro atoms. The molecule has 0 unspecified atom stereocenters. The molecule has 0 heterocycles. The van der Waals surface area contributed by atoms with Crippen LogP contribution in [0, 0.1) is 0 Å². The summed E-state index contributed by atoms with van der Waals surface area (Å²) in [6.45, 7) is 9.16. The van der Waals surface area contributed by atoms with Crippen molar-refractivity contribution in [1.82, 2.24) is 10.6 Å². The summed E-state index contributed by atoms with van der Waals surface area (Å²) in [6, 6.07) is 0.521. The van der Waals surface area contributed by atoms with Gasteiger partial charge in [-0.05, 0) is 0 Å². The lowest BCUT2D eigenvalue weighted by Crippen LogP contribution is -2.28. The van der Waals surface area contributed by atoms with E-state index in [9.17, 15) is 0 Å². The van der Waals surface area contributed by atoms with Gasteiger partial charge in [-0.15, -0.1) is 0 Å². The first kappa shape index (κ1) is 14.8. The number of nitrogens with one attached hydrogen (secondary N) is 2. The third kappa shape index (κ3) is 13.8. The third-order valence-corrected chi connectivity index (χ3v) is 1.74. The van der Waals surface area contributed by atoms with Crippen molar-refractivity contribution in [2.75, 3.05) is 46.2 Å². The largest absolute Gasteiger partial charge is 0.378 e. The first-order valence-electron chi connectivity index (χ1n) is 5.57. The van der Waals surface area contributed by atoms with E-state index in [1.807, 2.05) is 0 Å². The maximum absolute atomic E-state index is 5.36. The SMILES string of the molecule is CC(C)NCCOCCOCCNCN. The van der Waals surface area contributed by atoms with E-state index in [1.54, 1.807) is 0 Å². The van der Waals surface area contributed by atoms with Crippen LogP contribution in [-0.4, -0.2) is 52.2 Å². The molecule has 0 atom stereocenters. The second-order valence-corrected chi connectivity index (χ2v) is 3.54. The van der Waals surface area contributed by atoms with E-state index in [-0.39, 0.29) is 0 Å². The fourth-order valence-electron chi connectivity index (χ4n) is 0.988. The summed E-state index contributed by atoms with van der Waals surface area (Å²) in [5.74, 6) is 0. The lowest BCUT2D eigenvalue weighted by molar-refractivity contribution is 0.0496. The molecule has 0 aromatic rings. The molecule has 0 rings (SSSR count). The van der Waals surface area contributed by atoms with Gasteiger partial charge in [0.1, 0.15) is 0 Å². The number of rotatable bonds is 11. The summed E-state index contributed by atoms with van der Waals surface area (Å²) in [4.78, 5) is 0. The van der Waals surface area contributed by atoms with Crippen LogP contribution in [0.2, 0.25) is 0 Å². The molecule has 4 N–H and O–H groups in total. The first-order valence-corrected chi connectivity index (χ1v) is 5.57. The Morgan fingerprint density at radius 1 is 1.00 bits per heavy atom. The minimum atomic E-state index is 0.501. The topological polar surface area (TPSA) is 68.5 Å². The van der Waals surface area contributed by atoms with Gasteiger partial charge in [-0.1, -0.05) is 13.8 Å². The van der Waals surface area contributed by atoms with Crippen LogP contribution in [0.1, 0.15) is 13.8 Å². The fourth-order valence-corrected chi connectivity index (χ4v) is 0.988. The zero-order valence-electron chi connectivity index (χ0n) is 9.92. The van der Waals surface area contributed by atoms with E-state index in [1.165, 1.54) is 0 Å². The van der Waals surface area contributed by atoms with Crippen LogP contribution in [-0.2, 0) is 9.47 Å². The van der Waals surface area contributed by atoms with Crippen LogP contribution in [0.15, 0.2) is 0 Å². The number of hydrogen-bond donors (Lipinski definition) is 3. The van der Waals surface area contributed by atoms with Gasteiger partial charge < -0.3 is 25.8 Å². The molecular weight excluding hydrogens is 194 g/mol.